The molecule has 0 unspecified atom stereocenters. The van der Waals surface area contributed by atoms with E-state index >= 15 is 0 Å². The Hall–Kier alpha value is -1.50. The van der Waals surface area contributed by atoms with Crippen molar-refractivity contribution in [2.45, 2.75) is 19.8 Å². The van der Waals surface area contributed by atoms with Crippen LogP contribution in [0.5, 0.6) is 5.88 Å². The summed E-state index contributed by atoms with van der Waals surface area (Å²) < 4.78 is 39.2. The second kappa shape index (κ2) is 3.93. The van der Waals surface area contributed by atoms with Crippen LogP contribution in [0.25, 0.3) is 0 Å². The minimum absolute atomic E-state index is 0.122. The molecule has 0 aliphatic rings. The van der Waals surface area contributed by atoms with E-state index in [1.807, 2.05) is 0 Å². The number of nitrogens with zero attached hydrogens (tertiary/aromatic N) is 1. The average molecular weight is 221 g/mol. The van der Waals surface area contributed by atoms with Crippen LogP contribution in [-0.4, -0.2) is 11.3 Å². The van der Waals surface area contributed by atoms with Gasteiger partial charge >= 0.3 is 6.36 Å². The lowest BCUT2D eigenvalue weighted by Gasteiger charge is -2.11. The molecule has 1 rings (SSSR count). The summed E-state index contributed by atoms with van der Waals surface area (Å²) in [5.41, 5.74) is 11.8. The topological polar surface area (TPSA) is 74.2 Å². The Morgan fingerprint density at radius 2 is 2.07 bits per heavy atom. The SMILES string of the molecule is Cc1nc(OC(F)(F)F)cc(N)c1CN. The standard InChI is InChI=1S/C8H10F3N3O/c1-4-5(3-12)6(13)2-7(14-4)15-8(9,10)11/h2H,3,12H2,1H3,(H2,13,14). The van der Waals surface area contributed by atoms with Crippen LogP contribution in [0.15, 0.2) is 6.07 Å². The van der Waals surface area contributed by atoms with E-state index in [0.717, 1.165) is 6.07 Å². The quantitative estimate of drug-likeness (QED) is 0.790. The minimum Gasteiger partial charge on any atom is -0.398 e. The van der Waals surface area contributed by atoms with Crippen molar-refractivity contribution in [3.8, 4) is 5.88 Å². The van der Waals surface area contributed by atoms with Gasteiger partial charge in [-0.3, -0.25) is 0 Å². The minimum atomic E-state index is -4.77. The van der Waals surface area contributed by atoms with Crippen LogP contribution in [0.3, 0.4) is 0 Å². The van der Waals surface area contributed by atoms with Crippen LogP contribution in [0, 0.1) is 6.92 Å². The number of rotatable bonds is 2. The zero-order chi connectivity index (χ0) is 11.6. The molecule has 84 valence electrons. The van der Waals surface area contributed by atoms with E-state index in [0.29, 0.717) is 11.3 Å². The van der Waals surface area contributed by atoms with E-state index in [2.05, 4.69) is 9.72 Å². The Morgan fingerprint density at radius 3 is 2.47 bits per heavy atom. The molecule has 0 aliphatic carbocycles. The molecule has 4 nitrogen and oxygen atoms in total. The fourth-order valence-corrected chi connectivity index (χ4v) is 1.13. The molecule has 0 saturated carbocycles. The number of halogens is 3. The van der Waals surface area contributed by atoms with E-state index in [-0.39, 0.29) is 12.2 Å². The number of ether oxygens (including phenoxy) is 1. The summed E-state index contributed by atoms with van der Waals surface area (Å²) in [5, 5.41) is 0. The van der Waals surface area contributed by atoms with Gasteiger partial charge in [-0.1, -0.05) is 0 Å². The number of aryl methyl sites for hydroxylation is 1. The van der Waals surface area contributed by atoms with Gasteiger partial charge in [0.15, 0.2) is 0 Å². The van der Waals surface area contributed by atoms with Crippen molar-refractivity contribution in [2.75, 3.05) is 5.73 Å². The number of pyridine rings is 1. The highest BCUT2D eigenvalue weighted by Crippen LogP contribution is 2.25. The molecule has 4 N–H and O–H groups in total. The van der Waals surface area contributed by atoms with Gasteiger partial charge in [0.1, 0.15) is 0 Å². The van der Waals surface area contributed by atoms with Gasteiger partial charge in [-0.05, 0) is 6.92 Å². The Morgan fingerprint density at radius 1 is 1.47 bits per heavy atom. The highest BCUT2D eigenvalue weighted by molar-refractivity contribution is 5.51. The summed E-state index contributed by atoms with van der Waals surface area (Å²) in [6.07, 6.45) is -4.77. The van der Waals surface area contributed by atoms with Crippen LogP contribution in [0.2, 0.25) is 0 Å². The lowest BCUT2D eigenvalue weighted by Crippen LogP contribution is -2.19. The molecule has 1 aromatic rings. The van der Waals surface area contributed by atoms with Crippen molar-refractivity contribution < 1.29 is 17.9 Å². The molecule has 0 bridgehead atoms. The fraction of sp³-hybridized carbons (Fsp3) is 0.375. The summed E-state index contributed by atoms with van der Waals surface area (Å²) in [7, 11) is 0. The van der Waals surface area contributed by atoms with Gasteiger partial charge < -0.3 is 16.2 Å². The van der Waals surface area contributed by atoms with Gasteiger partial charge in [-0.15, -0.1) is 13.2 Å². The number of nitrogens with two attached hydrogens (primary N) is 2. The van der Waals surface area contributed by atoms with Crippen LogP contribution in [-0.2, 0) is 6.54 Å². The summed E-state index contributed by atoms with van der Waals surface area (Å²) in [4.78, 5) is 3.59. The number of nitrogen functional groups attached to an aromatic ring is 1. The smallest absolute Gasteiger partial charge is 0.398 e. The van der Waals surface area contributed by atoms with Gasteiger partial charge in [0.05, 0.1) is 0 Å². The molecule has 0 atom stereocenters. The number of hydrogen-bond acceptors (Lipinski definition) is 4. The van der Waals surface area contributed by atoms with Crippen molar-refractivity contribution in [3.05, 3.63) is 17.3 Å². The van der Waals surface area contributed by atoms with Gasteiger partial charge in [-0.2, -0.15) is 0 Å². The van der Waals surface area contributed by atoms with Gasteiger partial charge in [0, 0.05) is 29.6 Å². The first-order valence-electron chi connectivity index (χ1n) is 4.05. The highest BCUT2D eigenvalue weighted by atomic mass is 19.4. The van der Waals surface area contributed by atoms with Crippen LogP contribution in [0.4, 0.5) is 18.9 Å². The molecule has 0 amide bonds. The zero-order valence-corrected chi connectivity index (χ0v) is 7.93. The first-order chi connectivity index (χ1) is 6.83. The van der Waals surface area contributed by atoms with Crippen LogP contribution in [0.1, 0.15) is 11.3 Å². The second-order valence-electron chi connectivity index (χ2n) is 2.87. The van der Waals surface area contributed by atoms with E-state index in [1.165, 1.54) is 6.92 Å². The summed E-state index contributed by atoms with van der Waals surface area (Å²) in [6.45, 7) is 1.64. The molecule has 0 aromatic carbocycles. The van der Waals surface area contributed by atoms with Crippen molar-refractivity contribution in [1.29, 1.82) is 0 Å². The van der Waals surface area contributed by atoms with E-state index in [4.69, 9.17) is 11.5 Å². The number of anilines is 1. The highest BCUT2D eigenvalue weighted by Gasteiger charge is 2.32. The molecule has 0 fully saturated rings. The van der Waals surface area contributed by atoms with Crippen molar-refractivity contribution in [3.63, 3.8) is 0 Å². The summed E-state index contributed by atoms with van der Waals surface area (Å²) in [5.74, 6) is -0.574. The monoisotopic (exact) mass is 221 g/mol. The number of alkyl halides is 3. The maximum atomic E-state index is 11.9. The third-order valence-corrected chi connectivity index (χ3v) is 1.77. The Balaban J connectivity index is 3.04. The predicted octanol–water partition coefficient (Wildman–Crippen LogP) is 1.33. The van der Waals surface area contributed by atoms with Gasteiger partial charge in [0.25, 0.3) is 0 Å². The molecule has 0 saturated heterocycles. The third kappa shape index (κ3) is 2.98. The normalized spacial score (nSPS) is 11.5. The first-order valence-corrected chi connectivity index (χ1v) is 4.05. The molecular weight excluding hydrogens is 211 g/mol. The maximum absolute atomic E-state index is 11.9. The maximum Gasteiger partial charge on any atom is 0.574 e. The molecule has 0 aliphatic heterocycles. The van der Waals surface area contributed by atoms with E-state index in [9.17, 15) is 13.2 Å². The molecule has 0 spiro atoms. The summed E-state index contributed by atoms with van der Waals surface area (Å²) >= 11 is 0. The van der Waals surface area contributed by atoms with Gasteiger partial charge in [-0.25, -0.2) is 4.98 Å². The van der Waals surface area contributed by atoms with E-state index in [1.54, 1.807) is 0 Å². The van der Waals surface area contributed by atoms with E-state index < -0.39 is 12.2 Å². The molecule has 0 radical (unpaired) electrons. The third-order valence-electron chi connectivity index (χ3n) is 1.77. The molecule has 1 aromatic heterocycles. The average Bonchev–Trinajstić information content (AvgIpc) is 1.99. The Kier molecular flexibility index (Phi) is 3.04. The zero-order valence-electron chi connectivity index (χ0n) is 7.93. The first kappa shape index (κ1) is 11.6. The lowest BCUT2D eigenvalue weighted by molar-refractivity contribution is -0.276. The fourth-order valence-electron chi connectivity index (χ4n) is 1.13. The molecular formula is C8H10F3N3O. The largest absolute Gasteiger partial charge is 0.574 e. The number of hydrogen-bond donors (Lipinski definition) is 2. The van der Waals surface area contributed by atoms with Crippen molar-refractivity contribution in [2.24, 2.45) is 5.73 Å². The number of aromatic nitrogens is 1. The molecule has 7 heteroatoms. The second-order valence-corrected chi connectivity index (χ2v) is 2.87. The van der Waals surface area contributed by atoms with Crippen molar-refractivity contribution >= 4 is 5.69 Å². The molecule has 1 heterocycles. The Bertz CT molecular complexity index is 342. The Labute approximate surface area is 84.0 Å². The predicted molar refractivity (Wildman–Crippen MR) is 48.0 cm³/mol. The van der Waals surface area contributed by atoms with Gasteiger partial charge in [0.2, 0.25) is 5.88 Å². The lowest BCUT2D eigenvalue weighted by atomic mass is 10.1. The van der Waals surface area contributed by atoms with Crippen molar-refractivity contribution in [1.82, 2.24) is 4.98 Å². The summed E-state index contributed by atoms with van der Waals surface area (Å²) in [6, 6.07) is 1.00. The van der Waals surface area contributed by atoms with Crippen LogP contribution >= 0.6 is 0 Å². The molecule has 15 heavy (non-hydrogen) atoms. The van der Waals surface area contributed by atoms with Crippen LogP contribution < -0.4 is 16.2 Å².